The molecule has 2 nitrogen and oxygen atoms in total. The van der Waals surface area contributed by atoms with Crippen LogP contribution in [0.4, 0.5) is 0 Å². The first-order chi connectivity index (χ1) is 7.17. The van der Waals surface area contributed by atoms with Crippen LogP contribution >= 0.6 is 15.9 Å². The monoisotopic (exact) mass is 267 g/mol. The quantitative estimate of drug-likeness (QED) is 0.778. The largest absolute Gasteiger partial charge is 0.496 e. The minimum atomic E-state index is 0.638. The van der Waals surface area contributed by atoms with Crippen molar-refractivity contribution in [3.05, 3.63) is 28.2 Å². The third-order valence-corrected chi connectivity index (χ3v) is 2.54. The van der Waals surface area contributed by atoms with E-state index in [2.05, 4.69) is 26.8 Å². The Bertz CT molecular complexity index is 370. The van der Waals surface area contributed by atoms with Gasteiger partial charge in [-0.3, -0.25) is 4.90 Å². The van der Waals surface area contributed by atoms with Crippen molar-refractivity contribution in [1.82, 2.24) is 4.90 Å². The van der Waals surface area contributed by atoms with E-state index in [4.69, 9.17) is 11.2 Å². The first kappa shape index (κ1) is 12.1. The molecule has 0 fully saturated rings. The SMILES string of the molecule is C#CCN(C)Cc1ccc(Br)cc1OC. The van der Waals surface area contributed by atoms with Crippen molar-refractivity contribution in [2.24, 2.45) is 0 Å². The summed E-state index contributed by atoms with van der Waals surface area (Å²) in [6.45, 7) is 1.43. The second-order valence-electron chi connectivity index (χ2n) is 3.33. The van der Waals surface area contributed by atoms with Crippen molar-refractivity contribution < 1.29 is 4.74 Å². The van der Waals surface area contributed by atoms with Gasteiger partial charge >= 0.3 is 0 Å². The molecule has 0 bridgehead atoms. The van der Waals surface area contributed by atoms with Gasteiger partial charge in [-0.15, -0.1) is 6.42 Å². The van der Waals surface area contributed by atoms with Crippen molar-refractivity contribution in [3.63, 3.8) is 0 Å². The van der Waals surface area contributed by atoms with E-state index in [9.17, 15) is 0 Å². The van der Waals surface area contributed by atoms with E-state index in [1.165, 1.54) is 0 Å². The highest BCUT2D eigenvalue weighted by molar-refractivity contribution is 9.10. The number of hydrogen-bond acceptors (Lipinski definition) is 2. The Hall–Kier alpha value is -0.980. The summed E-state index contributed by atoms with van der Waals surface area (Å²) in [6, 6.07) is 6.00. The van der Waals surface area contributed by atoms with Gasteiger partial charge in [0.15, 0.2) is 0 Å². The van der Waals surface area contributed by atoms with Crippen LogP contribution in [0.5, 0.6) is 5.75 Å². The fourth-order valence-electron chi connectivity index (χ4n) is 1.35. The fourth-order valence-corrected chi connectivity index (χ4v) is 1.69. The Labute approximate surface area is 99.4 Å². The van der Waals surface area contributed by atoms with Crippen LogP contribution in [0, 0.1) is 12.3 Å². The molecule has 15 heavy (non-hydrogen) atoms. The first-order valence-corrected chi connectivity index (χ1v) is 5.41. The third kappa shape index (κ3) is 3.58. The fraction of sp³-hybridized carbons (Fsp3) is 0.333. The predicted octanol–water partition coefficient (Wildman–Crippen LogP) is 2.52. The van der Waals surface area contributed by atoms with Gasteiger partial charge < -0.3 is 4.74 Å². The maximum atomic E-state index is 5.30. The van der Waals surface area contributed by atoms with Gasteiger partial charge in [0, 0.05) is 16.6 Å². The first-order valence-electron chi connectivity index (χ1n) is 4.61. The second-order valence-corrected chi connectivity index (χ2v) is 4.25. The summed E-state index contributed by atoms with van der Waals surface area (Å²) in [5, 5.41) is 0. The summed E-state index contributed by atoms with van der Waals surface area (Å²) < 4.78 is 6.31. The molecular formula is C12H14BrNO. The number of hydrogen-bond donors (Lipinski definition) is 0. The molecule has 80 valence electrons. The lowest BCUT2D eigenvalue weighted by Crippen LogP contribution is -2.18. The average Bonchev–Trinajstić information content (AvgIpc) is 2.21. The number of benzene rings is 1. The number of halogens is 1. The number of ether oxygens (including phenoxy) is 1. The Kier molecular flexibility index (Phi) is 4.67. The number of terminal acetylenes is 1. The van der Waals surface area contributed by atoms with Crippen LogP contribution in [0.3, 0.4) is 0 Å². The van der Waals surface area contributed by atoms with Gasteiger partial charge in [0.25, 0.3) is 0 Å². The van der Waals surface area contributed by atoms with Crippen molar-refractivity contribution in [3.8, 4) is 18.1 Å². The molecule has 0 aliphatic carbocycles. The Morgan fingerprint density at radius 2 is 2.27 bits per heavy atom. The van der Waals surface area contributed by atoms with Crippen LogP contribution < -0.4 is 4.74 Å². The highest BCUT2D eigenvalue weighted by Gasteiger charge is 2.05. The van der Waals surface area contributed by atoms with Crippen LogP contribution in [-0.2, 0) is 6.54 Å². The molecule has 0 saturated carbocycles. The summed E-state index contributed by atoms with van der Waals surface area (Å²) >= 11 is 3.41. The normalized spacial score (nSPS) is 10.1. The zero-order valence-electron chi connectivity index (χ0n) is 8.96. The molecule has 0 N–H and O–H groups in total. The standard InChI is InChI=1S/C12H14BrNO/c1-4-7-14(2)9-10-5-6-11(13)8-12(10)15-3/h1,5-6,8H,7,9H2,2-3H3. The molecule has 0 spiro atoms. The molecule has 0 heterocycles. The molecule has 1 aromatic carbocycles. The lowest BCUT2D eigenvalue weighted by atomic mass is 10.2. The smallest absolute Gasteiger partial charge is 0.124 e. The van der Waals surface area contributed by atoms with Crippen molar-refractivity contribution in [2.75, 3.05) is 20.7 Å². The topological polar surface area (TPSA) is 12.5 Å². The molecule has 0 unspecified atom stereocenters. The Balaban J connectivity index is 2.81. The Morgan fingerprint density at radius 3 is 2.87 bits per heavy atom. The second kappa shape index (κ2) is 5.79. The van der Waals surface area contributed by atoms with Gasteiger partial charge in [-0.05, 0) is 19.2 Å². The molecule has 1 rings (SSSR count). The molecule has 0 amide bonds. The minimum absolute atomic E-state index is 0.638. The highest BCUT2D eigenvalue weighted by atomic mass is 79.9. The number of rotatable bonds is 4. The minimum Gasteiger partial charge on any atom is -0.496 e. The van der Waals surface area contributed by atoms with Crippen LogP contribution in [0.15, 0.2) is 22.7 Å². The zero-order chi connectivity index (χ0) is 11.3. The zero-order valence-corrected chi connectivity index (χ0v) is 10.5. The lowest BCUT2D eigenvalue weighted by molar-refractivity contribution is 0.351. The number of nitrogens with zero attached hydrogens (tertiary/aromatic N) is 1. The maximum Gasteiger partial charge on any atom is 0.124 e. The van der Waals surface area contributed by atoms with Crippen molar-refractivity contribution in [2.45, 2.75) is 6.54 Å². The van der Waals surface area contributed by atoms with Gasteiger partial charge in [0.2, 0.25) is 0 Å². The highest BCUT2D eigenvalue weighted by Crippen LogP contribution is 2.24. The predicted molar refractivity (Wildman–Crippen MR) is 65.9 cm³/mol. The van der Waals surface area contributed by atoms with Crippen LogP contribution in [-0.4, -0.2) is 25.6 Å². The molecule has 1 aromatic rings. The van der Waals surface area contributed by atoms with E-state index in [1.54, 1.807) is 7.11 Å². The molecule has 0 aromatic heterocycles. The van der Waals surface area contributed by atoms with Crippen molar-refractivity contribution in [1.29, 1.82) is 0 Å². The summed E-state index contributed by atoms with van der Waals surface area (Å²) in [5.74, 6) is 3.50. The Morgan fingerprint density at radius 1 is 1.53 bits per heavy atom. The van der Waals surface area contributed by atoms with Gasteiger partial charge in [-0.25, -0.2) is 0 Å². The van der Waals surface area contributed by atoms with E-state index in [-0.39, 0.29) is 0 Å². The van der Waals surface area contributed by atoms with E-state index >= 15 is 0 Å². The van der Waals surface area contributed by atoms with Gasteiger partial charge in [0.1, 0.15) is 5.75 Å². The molecular weight excluding hydrogens is 254 g/mol. The molecule has 3 heteroatoms. The van der Waals surface area contributed by atoms with Gasteiger partial charge in [-0.2, -0.15) is 0 Å². The van der Waals surface area contributed by atoms with Crippen LogP contribution in [0.1, 0.15) is 5.56 Å². The molecule has 0 saturated heterocycles. The van der Waals surface area contributed by atoms with E-state index in [0.717, 1.165) is 22.3 Å². The summed E-state index contributed by atoms with van der Waals surface area (Å²) in [7, 11) is 3.66. The van der Waals surface area contributed by atoms with Gasteiger partial charge in [-0.1, -0.05) is 27.9 Å². The maximum absolute atomic E-state index is 5.30. The van der Waals surface area contributed by atoms with E-state index < -0.39 is 0 Å². The molecule has 0 radical (unpaired) electrons. The summed E-state index contributed by atoms with van der Waals surface area (Å²) in [6.07, 6.45) is 5.25. The van der Waals surface area contributed by atoms with Crippen molar-refractivity contribution >= 4 is 15.9 Å². The molecule has 0 aliphatic heterocycles. The molecule has 0 atom stereocenters. The van der Waals surface area contributed by atoms with E-state index in [0.29, 0.717) is 6.54 Å². The lowest BCUT2D eigenvalue weighted by Gasteiger charge is -2.15. The van der Waals surface area contributed by atoms with Crippen LogP contribution in [0.25, 0.3) is 0 Å². The average molecular weight is 268 g/mol. The third-order valence-electron chi connectivity index (χ3n) is 2.05. The van der Waals surface area contributed by atoms with Gasteiger partial charge in [0.05, 0.1) is 13.7 Å². The van der Waals surface area contributed by atoms with E-state index in [1.807, 2.05) is 25.2 Å². The molecule has 0 aliphatic rings. The number of methoxy groups -OCH3 is 1. The van der Waals surface area contributed by atoms with Crippen LogP contribution in [0.2, 0.25) is 0 Å². The summed E-state index contributed by atoms with van der Waals surface area (Å²) in [4.78, 5) is 2.06. The summed E-state index contributed by atoms with van der Waals surface area (Å²) in [5.41, 5.74) is 1.14.